The molecule has 12 nitrogen and oxygen atoms in total. The van der Waals surface area contributed by atoms with E-state index < -0.39 is 11.6 Å². The smallest absolute Gasteiger partial charge is 0.254 e. The van der Waals surface area contributed by atoms with Gasteiger partial charge in [-0.3, -0.25) is 14.5 Å². The number of phenols is 1. The second-order valence-electron chi connectivity index (χ2n) is 15.9. The van der Waals surface area contributed by atoms with Gasteiger partial charge in [0.2, 0.25) is 5.91 Å². The lowest BCUT2D eigenvalue weighted by Crippen LogP contribution is -2.59. The van der Waals surface area contributed by atoms with Gasteiger partial charge in [-0.25, -0.2) is 4.39 Å². The molecule has 3 saturated heterocycles. The highest BCUT2D eigenvalue weighted by molar-refractivity contribution is 5.99. The highest BCUT2D eigenvalue weighted by atomic mass is 19.1. The molecule has 1 saturated carbocycles. The van der Waals surface area contributed by atoms with Gasteiger partial charge in [0, 0.05) is 101 Å². The number of benzene rings is 2. The Labute approximate surface area is 310 Å². The van der Waals surface area contributed by atoms with Gasteiger partial charge in [-0.05, 0) is 86.9 Å². The molecule has 6 aliphatic rings. The molecule has 1 aromatic heterocycles. The second kappa shape index (κ2) is 14.4. The Hall–Kier alpha value is -4.49. The Morgan fingerprint density at radius 2 is 1.74 bits per heavy atom. The van der Waals surface area contributed by atoms with Crippen molar-refractivity contribution in [2.75, 3.05) is 87.1 Å². The first kappa shape index (κ1) is 34.3. The molecule has 2 amide bonds. The third-order valence-electron chi connectivity index (χ3n) is 12.7. The number of nitrogens with zero attached hydrogens (tertiary/aromatic N) is 7. The number of aromatic hydroxyl groups is 1. The summed E-state index contributed by atoms with van der Waals surface area (Å²) in [4.78, 5) is 38.6. The third kappa shape index (κ3) is 6.66. The minimum atomic E-state index is -0.692. The molecule has 9 rings (SSSR count). The van der Waals surface area contributed by atoms with Crippen molar-refractivity contribution in [2.24, 2.45) is 11.8 Å². The number of amides is 2. The zero-order chi connectivity index (χ0) is 36.1. The summed E-state index contributed by atoms with van der Waals surface area (Å²) >= 11 is 0. The molecule has 3 aromatic rings. The first-order valence-electron chi connectivity index (χ1n) is 19.7. The number of piperidine rings is 1. The Morgan fingerprint density at radius 3 is 2.55 bits per heavy atom. The molecule has 1 aliphatic carbocycles. The van der Waals surface area contributed by atoms with Crippen LogP contribution in [0.3, 0.4) is 0 Å². The van der Waals surface area contributed by atoms with E-state index in [1.54, 1.807) is 12.1 Å². The van der Waals surface area contributed by atoms with Crippen LogP contribution in [0.2, 0.25) is 0 Å². The van der Waals surface area contributed by atoms with Gasteiger partial charge in [0.15, 0.2) is 17.4 Å². The van der Waals surface area contributed by atoms with E-state index in [0.29, 0.717) is 55.2 Å². The summed E-state index contributed by atoms with van der Waals surface area (Å²) in [7, 11) is 0. The first-order chi connectivity index (χ1) is 25.9. The number of halogens is 1. The number of nitrogens with one attached hydrogen (secondary N) is 2. The number of fused-ring (bicyclic) bond motifs is 4. The van der Waals surface area contributed by atoms with Crippen molar-refractivity contribution in [3.8, 4) is 17.0 Å². The Morgan fingerprint density at radius 1 is 0.887 bits per heavy atom. The van der Waals surface area contributed by atoms with E-state index in [1.807, 2.05) is 6.07 Å². The number of piperazine rings is 2. The predicted octanol–water partition coefficient (Wildman–Crippen LogP) is 3.77. The lowest BCUT2D eigenvalue weighted by Gasteiger charge is -2.46. The van der Waals surface area contributed by atoms with Crippen molar-refractivity contribution in [1.82, 2.24) is 30.2 Å². The summed E-state index contributed by atoms with van der Waals surface area (Å²) < 4.78 is 14.1. The lowest BCUT2D eigenvalue weighted by molar-refractivity contribution is -0.137. The summed E-state index contributed by atoms with van der Waals surface area (Å²) in [5, 5.41) is 25.7. The fourth-order valence-corrected chi connectivity index (χ4v) is 9.65. The Balaban J connectivity index is 0.741. The standard InChI is InChI=1S/C40H50FN9O3/c41-34-5-1-4-32(37(34)51)35-20-36-38(45-44-35)43-22-31-25-48(17-18-49(31)36)39(52)27-8-6-26(7-9-27)23-46-13-15-47(16-14-46)29-11-10-28-24-50(40(53)33(28)19-29)30-3-2-12-42-21-30/h1,4-5,10-11,19-20,26-27,30-31,42,51H,2-3,6-9,12-18,21-25H2,(H,43,45)/t26?,27?,30?,31-/m0/s1. The van der Waals surface area contributed by atoms with Crippen LogP contribution in [0.4, 0.5) is 21.6 Å². The summed E-state index contributed by atoms with van der Waals surface area (Å²) in [6.07, 6.45) is 6.28. The molecular formula is C40H50FN9O3. The molecule has 6 heterocycles. The van der Waals surface area contributed by atoms with Crippen LogP contribution < -0.4 is 20.4 Å². The number of carbonyl (C=O) groups is 2. The van der Waals surface area contributed by atoms with Gasteiger partial charge in [-0.1, -0.05) is 12.1 Å². The van der Waals surface area contributed by atoms with Gasteiger partial charge in [-0.15, -0.1) is 10.2 Å². The molecule has 2 aromatic carbocycles. The van der Waals surface area contributed by atoms with Crippen LogP contribution in [0.25, 0.3) is 11.3 Å². The SMILES string of the molecule is O=C(C1CCC(CN2CCN(c3ccc4c(c3)C(=O)N(C3CCCNC3)C4)CC2)CC1)N1CCN2c3cc(-c4cccc(F)c4O)nnc3NC[C@H]2C1. The summed E-state index contributed by atoms with van der Waals surface area (Å²) in [6.45, 7) is 10.4. The fraction of sp³-hybridized carbons (Fsp3) is 0.550. The molecule has 1 unspecified atom stereocenters. The zero-order valence-electron chi connectivity index (χ0n) is 30.4. The predicted molar refractivity (Wildman–Crippen MR) is 202 cm³/mol. The molecule has 13 heteroatoms. The normalized spacial score (nSPS) is 26.2. The second-order valence-corrected chi connectivity index (χ2v) is 15.9. The van der Waals surface area contributed by atoms with Crippen LogP contribution >= 0.6 is 0 Å². The molecule has 3 N–H and O–H groups in total. The van der Waals surface area contributed by atoms with Crippen molar-refractivity contribution in [1.29, 1.82) is 0 Å². The van der Waals surface area contributed by atoms with E-state index in [1.165, 1.54) is 6.07 Å². The van der Waals surface area contributed by atoms with Gasteiger partial charge in [0.1, 0.15) is 0 Å². The van der Waals surface area contributed by atoms with Gasteiger partial charge < -0.3 is 35.3 Å². The average Bonchev–Trinajstić information content (AvgIpc) is 3.54. The topological polar surface area (TPSA) is 120 Å². The summed E-state index contributed by atoms with van der Waals surface area (Å²) in [5.74, 6) is 0.721. The van der Waals surface area contributed by atoms with Crippen LogP contribution in [0.15, 0.2) is 42.5 Å². The molecule has 0 radical (unpaired) electrons. The number of rotatable bonds is 6. The van der Waals surface area contributed by atoms with Gasteiger partial charge in [-0.2, -0.15) is 0 Å². The molecule has 280 valence electrons. The maximum Gasteiger partial charge on any atom is 0.254 e. The van der Waals surface area contributed by atoms with Crippen LogP contribution in [0.5, 0.6) is 5.75 Å². The number of hydrogen-bond acceptors (Lipinski definition) is 10. The number of hydrogen-bond donors (Lipinski definition) is 3. The van der Waals surface area contributed by atoms with E-state index in [2.05, 4.69) is 63.5 Å². The highest BCUT2D eigenvalue weighted by Crippen LogP contribution is 2.38. The van der Waals surface area contributed by atoms with Gasteiger partial charge >= 0.3 is 0 Å². The molecule has 2 atom stereocenters. The van der Waals surface area contributed by atoms with Gasteiger partial charge in [0.05, 0.1) is 17.4 Å². The van der Waals surface area contributed by atoms with E-state index in [9.17, 15) is 19.1 Å². The molecule has 5 aliphatic heterocycles. The van der Waals surface area contributed by atoms with Crippen molar-refractivity contribution < 1.29 is 19.1 Å². The van der Waals surface area contributed by atoms with Crippen LogP contribution in [-0.2, 0) is 11.3 Å². The maximum atomic E-state index is 14.1. The maximum absolute atomic E-state index is 14.1. The number of para-hydroxylation sites is 1. The number of aromatic nitrogens is 2. The average molecular weight is 724 g/mol. The zero-order valence-corrected chi connectivity index (χ0v) is 30.4. The number of anilines is 3. The van der Waals surface area contributed by atoms with Crippen LogP contribution in [0.1, 0.15) is 54.4 Å². The van der Waals surface area contributed by atoms with Crippen molar-refractivity contribution in [3.63, 3.8) is 0 Å². The number of phenolic OH excluding ortho intramolecular Hbond substituents is 1. The van der Waals surface area contributed by atoms with Gasteiger partial charge in [0.25, 0.3) is 5.91 Å². The van der Waals surface area contributed by atoms with Crippen molar-refractivity contribution >= 4 is 29.0 Å². The van der Waals surface area contributed by atoms with E-state index in [-0.39, 0.29) is 23.8 Å². The number of carbonyl (C=O) groups excluding carboxylic acids is 2. The van der Waals surface area contributed by atoms with Crippen LogP contribution in [-0.4, -0.2) is 126 Å². The monoisotopic (exact) mass is 723 g/mol. The summed E-state index contributed by atoms with van der Waals surface area (Å²) in [5.41, 5.74) is 4.79. The summed E-state index contributed by atoms with van der Waals surface area (Å²) in [6, 6.07) is 13.2. The van der Waals surface area contributed by atoms with Crippen molar-refractivity contribution in [3.05, 3.63) is 59.4 Å². The van der Waals surface area contributed by atoms with E-state index >= 15 is 0 Å². The first-order valence-corrected chi connectivity index (χ1v) is 19.7. The molecule has 0 bridgehead atoms. The minimum Gasteiger partial charge on any atom is -0.504 e. The van der Waals surface area contributed by atoms with Crippen molar-refractivity contribution in [2.45, 2.75) is 57.2 Å². The van der Waals surface area contributed by atoms with E-state index in [4.69, 9.17) is 0 Å². The Bertz CT molecular complexity index is 1850. The molecule has 4 fully saturated rings. The quantitative estimate of drug-likeness (QED) is 0.347. The minimum absolute atomic E-state index is 0.0831. The van der Waals surface area contributed by atoms with Crippen LogP contribution in [0, 0.1) is 17.7 Å². The largest absolute Gasteiger partial charge is 0.504 e. The molecule has 53 heavy (non-hydrogen) atoms. The molecule has 0 spiro atoms. The lowest BCUT2D eigenvalue weighted by atomic mass is 9.81. The third-order valence-corrected chi connectivity index (χ3v) is 12.7. The van der Waals surface area contributed by atoms with E-state index in [0.717, 1.165) is 113 Å². The molecular weight excluding hydrogens is 673 g/mol. The Kier molecular flexibility index (Phi) is 9.31. The highest BCUT2D eigenvalue weighted by Gasteiger charge is 2.38. The fourth-order valence-electron chi connectivity index (χ4n) is 9.65.